The monoisotopic (exact) mass is 287 g/mol. The van der Waals surface area contributed by atoms with Crippen LogP contribution in [-0.4, -0.2) is 19.6 Å². The third-order valence-electron chi connectivity index (χ3n) is 3.17. The highest BCUT2D eigenvalue weighted by Gasteiger charge is 2.08. The first-order valence-electron chi connectivity index (χ1n) is 6.83. The molecule has 0 heterocycles. The molecule has 2 rings (SSSR count). The Kier molecular flexibility index (Phi) is 4.93. The van der Waals surface area contributed by atoms with Gasteiger partial charge < -0.3 is 10.1 Å². The van der Waals surface area contributed by atoms with Crippen LogP contribution in [0, 0.1) is 5.82 Å². The summed E-state index contributed by atoms with van der Waals surface area (Å²) in [6.07, 6.45) is 0.342. The van der Waals surface area contributed by atoms with Gasteiger partial charge in [0.05, 0.1) is 13.5 Å². The number of likely N-dealkylation sites (N-methyl/N-ethyl adjacent to an activating group) is 1. The van der Waals surface area contributed by atoms with Crippen molar-refractivity contribution in [3.05, 3.63) is 53.8 Å². The van der Waals surface area contributed by atoms with Crippen molar-refractivity contribution in [2.24, 2.45) is 0 Å². The minimum atomic E-state index is -0.308. The molecule has 21 heavy (non-hydrogen) atoms. The molecule has 0 bridgehead atoms. The smallest absolute Gasteiger partial charge is 0.224 e. The Morgan fingerprint density at radius 2 is 1.90 bits per heavy atom. The van der Waals surface area contributed by atoms with E-state index in [0.29, 0.717) is 24.3 Å². The Labute approximate surface area is 123 Å². The van der Waals surface area contributed by atoms with E-state index in [9.17, 15) is 9.18 Å². The molecule has 0 unspecified atom stereocenters. The van der Waals surface area contributed by atoms with Gasteiger partial charge in [-0.2, -0.15) is 0 Å². The lowest BCUT2D eigenvalue weighted by Crippen LogP contribution is -2.24. The van der Waals surface area contributed by atoms with E-state index in [1.54, 1.807) is 13.2 Å². The fourth-order valence-corrected chi connectivity index (χ4v) is 2.15. The molecule has 0 fully saturated rings. The number of hydrogen-bond donors (Lipinski definition) is 1. The lowest BCUT2D eigenvalue weighted by Gasteiger charge is -2.09. The number of hydrogen-bond acceptors (Lipinski definition) is 2. The van der Waals surface area contributed by atoms with Gasteiger partial charge in [0.15, 0.2) is 0 Å². The summed E-state index contributed by atoms with van der Waals surface area (Å²) < 4.78 is 18.6. The summed E-state index contributed by atoms with van der Waals surface area (Å²) in [7, 11) is 1.56. The molecule has 0 atom stereocenters. The van der Waals surface area contributed by atoms with E-state index in [1.165, 1.54) is 12.1 Å². The van der Waals surface area contributed by atoms with Crippen molar-refractivity contribution in [3.63, 3.8) is 0 Å². The summed E-state index contributed by atoms with van der Waals surface area (Å²) in [5, 5.41) is 2.76. The molecule has 0 aliphatic carbocycles. The molecule has 4 heteroatoms. The highest BCUT2D eigenvalue weighted by atomic mass is 19.1. The van der Waals surface area contributed by atoms with Gasteiger partial charge in [-0.15, -0.1) is 0 Å². The summed E-state index contributed by atoms with van der Waals surface area (Å²) in [6, 6.07) is 11.9. The van der Waals surface area contributed by atoms with Crippen molar-refractivity contribution in [3.8, 4) is 16.9 Å². The van der Waals surface area contributed by atoms with Gasteiger partial charge in [0, 0.05) is 12.1 Å². The maximum Gasteiger partial charge on any atom is 0.224 e. The van der Waals surface area contributed by atoms with Crippen LogP contribution in [0.15, 0.2) is 42.5 Å². The Hall–Kier alpha value is -2.36. The standard InChI is InChI=1S/C17H18FNO2/c1-3-19-17(20)10-12-4-6-13(7-5-12)15-11-14(18)8-9-16(15)21-2/h4-9,11H,3,10H2,1-2H3,(H,19,20). The van der Waals surface area contributed by atoms with E-state index in [-0.39, 0.29) is 11.7 Å². The van der Waals surface area contributed by atoms with Crippen molar-refractivity contribution >= 4 is 5.91 Å². The second-order valence-corrected chi connectivity index (χ2v) is 4.67. The summed E-state index contributed by atoms with van der Waals surface area (Å²) in [4.78, 5) is 11.5. The molecular formula is C17H18FNO2. The van der Waals surface area contributed by atoms with Crippen LogP contribution in [0.25, 0.3) is 11.1 Å². The summed E-state index contributed by atoms with van der Waals surface area (Å²) in [6.45, 7) is 2.51. The maximum absolute atomic E-state index is 13.4. The zero-order valence-electron chi connectivity index (χ0n) is 12.2. The predicted octanol–water partition coefficient (Wildman–Crippen LogP) is 3.18. The van der Waals surface area contributed by atoms with E-state index in [1.807, 2.05) is 31.2 Å². The van der Waals surface area contributed by atoms with Gasteiger partial charge in [0.25, 0.3) is 0 Å². The number of methoxy groups -OCH3 is 1. The molecule has 0 aromatic heterocycles. The second-order valence-electron chi connectivity index (χ2n) is 4.67. The summed E-state index contributed by atoms with van der Waals surface area (Å²) >= 11 is 0. The number of benzene rings is 2. The number of carbonyl (C=O) groups is 1. The van der Waals surface area contributed by atoms with Crippen molar-refractivity contribution in [2.45, 2.75) is 13.3 Å². The molecule has 0 radical (unpaired) electrons. The van der Waals surface area contributed by atoms with Crippen LogP contribution in [0.5, 0.6) is 5.75 Å². The average Bonchev–Trinajstić information content (AvgIpc) is 2.48. The van der Waals surface area contributed by atoms with Gasteiger partial charge in [-0.3, -0.25) is 4.79 Å². The fraction of sp³-hybridized carbons (Fsp3) is 0.235. The van der Waals surface area contributed by atoms with E-state index in [4.69, 9.17) is 4.74 Å². The molecule has 110 valence electrons. The molecule has 0 spiro atoms. The molecule has 3 nitrogen and oxygen atoms in total. The summed E-state index contributed by atoms with van der Waals surface area (Å²) in [5.41, 5.74) is 2.47. The first kappa shape index (κ1) is 15.0. The van der Waals surface area contributed by atoms with Crippen LogP contribution in [0.4, 0.5) is 4.39 Å². The molecule has 0 aliphatic rings. The molecule has 1 amide bonds. The molecule has 0 saturated heterocycles. The highest BCUT2D eigenvalue weighted by molar-refractivity contribution is 5.79. The Morgan fingerprint density at radius 1 is 1.19 bits per heavy atom. The average molecular weight is 287 g/mol. The number of halogens is 1. The molecule has 0 saturated carbocycles. The maximum atomic E-state index is 13.4. The minimum absolute atomic E-state index is 0.00594. The third-order valence-corrected chi connectivity index (χ3v) is 3.17. The van der Waals surface area contributed by atoms with Gasteiger partial charge in [-0.1, -0.05) is 24.3 Å². The van der Waals surface area contributed by atoms with Gasteiger partial charge in [0.2, 0.25) is 5.91 Å². The number of rotatable bonds is 5. The van der Waals surface area contributed by atoms with Crippen molar-refractivity contribution in [1.29, 1.82) is 0 Å². The van der Waals surface area contributed by atoms with E-state index in [0.717, 1.165) is 11.1 Å². The highest BCUT2D eigenvalue weighted by Crippen LogP contribution is 2.30. The van der Waals surface area contributed by atoms with Crippen LogP contribution in [0.3, 0.4) is 0 Å². The lowest BCUT2D eigenvalue weighted by atomic mass is 10.0. The van der Waals surface area contributed by atoms with Crippen LogP contribution in [0.1, 0.15) is 12.5 Å². The van der Waals surface area contributed by atoms with Crippen LogP contribution < -0.4 is 10.1 Å². The SMILES string of the molecule is CCNC(=O)Cc1ccc(-c2cc(F)ccc2OC)cc1. The Balaban J connectivity index is 2.23. The first-order chi connectivity index (χ1) is 10.1. The van der Waals surface area contributed by atoms with E-state index in [2.05, 4.69) is 5.32 Å². The third kappa shape index (κ3) is 3.81. The molecule has 1 N–H and O–H groups in total. The zero-order valence-corrected chi connectivity index (χ0v) is 12.2. The lowest BCUT2D eigenvalue weighted by molar-refractivity contribution is -0.120. The van der Waals surface area contributed by atoms with Crippen LogP contribution >= 0.6 is 0 Å². The number of ether oxygens (including phenoxy) is 1. The van der Waals surface area contributed by atoms with E-state index >= 15 is 0 Å². The quantitative estimate of drug-likeness (QED) is 0.917. The Morgan fingerprint density at radius 3 is 2.52 bits per heavy atom. The summed E-state index contributed by atoms with van der Waals surface area (Å²) in [5.74, 6) is 0.304. The minimum Gasteiger partial charge on any atom is -0.496 e. The van der Waals surface area contributed by atoms with Crippen molar-refractivity contribution in [2.75, 3.05) is 13.7 Å². The molecule has 2 aromatic carbocycles. The van der Waals surface area contributed by atoms with Gasteiger partial charge in [-0.05, 0) is 36.2 Å². The van der Waals surface area contributed by atoms with Crippen LogP contribution in [0.2, 0.25) is 0 Å². The zero-order chi connectivity index (χ0) is 15.2. The first-order valence-corrected chi connectivity index (χ1v) is 6.83. The number of carbonyl (C=O) groups excluding carboxylic acids is 1. The van der Waals surface area contributed by atoms with Gasteiger partial charge >= 0.3 is 0 Å². The Bertz CT molecular complexity index is 623. The van der Waals surface area contributed by atoms with Crippen molar-refractivity contribution < 1.29 is 13.9 Å². The second kappa shape index (κ2) is 6.88. The van der Waals surface area contributed by atoms with Gasteiger partial charge in [0.1, 0.15) is 11.6 Å². The number of amides is 1. The predicted molar refractivity (Wildman–Crippen MR) is 80.8 cm³/mol. The van der Waals surface area contributed by atoms with Gasteiger partial charge in [-0.25, -0.2) is 4.39 Å². The van der Waals surface area contributed by atoms with E-state index < -0.39 is 0 Å². The topological polar surface area (TPSA) is 38.3 Å². The van der Waals surface area contributed by atoms with Crippen LogP contribution in [-0.2, 0) is 11.2 Å². The largest absolute Gasteiger partial charge is 0.496 e. The number of nitrogens with one attached hydrogen (secondary N) is 1. The normalized spacial score (nSPS) is 10.2. The fourth-order valence-electron chi connectivity index (χ4n) is 2.15. The van der Waals surface area contributed by atoms with Crippen molar-refractivity contribution in [1.82, 2.24) is 5.32 Å². The molecular weight excluding hydrogens is 269 g/mol. The molecule has 2 aromatic rings. The molecule has 0 aliphatic heterocycles.